The number of oxazole rings is 1. The van der Waals surface area contributed by atoms with Crippen LogP contribution in [0.1, 0.15) is 12.8 Å². The molecule has 5 rings (SSSR count). The quantitative estimate of drug-likeness (QED) is 0.515. The number of fused-ring (bicyclic) bond motifs is 1. The van der Waals surface area contributed by atoms with Gasteiger partial charge in [0.15, 0.2) is 11.4 Å². The second kappa shape index (κ2) is 7.83. The first kappa shape index (κ1) is 18.7. The van der Waals surface area contributed by atoms with E-state index in [9.17, 15) is 9.59 Å². The molecule has 2 N–H and O–H groups in total. The molecule has 154 valence electrons. The second-order valence-corrected chi connectivity index (χ2v) is 8.32. The number of H-pyrrole nitrogens is 1. The molecule has 0 spiro atoms. The van der Waals surface area contributed by atoms with Gasteiger partial charge in [0.1, 0.15) is 6.54 Å². The van der Waals surface area contributed by atoms with Crippen molar-refractivity contribution in [3.63, 3.8) is 0 Å². The highest BCUT2D eigenvalue weighted by atomic mass is 32.1. The lowest BCUT2D eigenvalue weighted by Gasteiger charge is -2.32. The van der Waals surface area contributed by atoms with E-state index in [1.165, 1.54) is 4.57 Å². The smallest absolute Gasteiger partial charge is 0.408 e. The van der Waals surface area contributed by atoms with Crippen molar-refractivity contribution in [2.75, 3.05) is 18.0 Å². The Hall–Kier alpha value is -3.33. The van der Waals surface area contributed by atoms with Crippen molar-refractivity contribution in [2.45, 2.75) is 25.4 Å². The Morgan fingerprint density at radius 1 is 1.23 bits per heavy atom. The number of carbonyl (C=O) groups excluding carboxylic acids is 1. The minimum absolute atomic E-state index is 0.0421. The number of nitrogens with zero attached hydrogens (tertiary/aromatic N) is 3. The van der Waals surface area contributed by atoms with Gasteiger partial charge in [0.25, 0.3) is 0 Å². The molecule has 1 aliphatic rings. The van der Waals surface area contributed by atoms with E-state index in [-0.39, 0.29) is 18.5 Å². The summed E-state index contributed by atoms with van der Waals surface area (Å²) in [5.41, 5.74) is 2.14. The van der Waals surface area contributed by atoms with Gasteiger partial charge in [-0.3, -0.25) is 14.5 Å². The van der Waals surface area contributed by atoms with Gasteiger partial charge in [-0.15, -0.1) is 11.3 Å². The van der Waals surface area contributed by atoms with Crippen LogP contribution >= 0.6 is 11.3 Å². The van der Waals surface area contributed by atoms with Gasteiger partial charge in [-0.2, -0.15) is 5.10 Å². The summed E-state index contributed by atoms with van der Waals surface area (Å²) in [6, 6.07) is 13.4. The number of aromatic amines is 1. The Labute approximate surface area is 176 Å². The lowest BCUT2D eigenvalue weighted by Crippen LogP contribution is -2.46. The number of amides is 1. The highest BCUT2D eigenvalue weighted by Crippen LogP contribution is 2.27. The van der Waals surface area contributed by atoms with Crippen LogP contribution in [-0.2, 0) is 11.3 Å². The van der Waals surface area contributed by atoms with Gasteiger partial charge in [0.05, 0.1) is 16.1 Å². The molecule has 0 bridgehead atoms. The third-order valence-electron chi connectivity index (χ3n) is 5.41. The Morgan fingerprint density at radius 3 is 2.87 bits per heavy atom. The molecule has 1 aromatic carbocycles. The minimum Gasteiger partial charge on any atom is -0.408 e. The number of benzene rings is 1. The fourth-order valence-corrected chi connectivity index (χ4v) is 4.56. The predicted molar refractivity (Wildman–Crippen MR) is 116 cm³/mol. The van der Waals surface area contributed by atoms with E-state index in [2.05, 4.69) is 32.5 Å². The molecule has 1 fully saturated rings. The van der Waals surface area contributed by atoms with Crippen LogP contribution in [0.2, 0.25) is 0 Å². The van der Waals surface area contributed by atoms with Gasteiger partial charge in [0, 0.05) is 25.2 Å². The summed E-state index contributed by atoms with van der Waals surface area (Å²) in [7, 11) is 0. The number of para-hydroxylation sites is 2. The molecular weight excluding hydrogens is 402 g/mol. The molecular formula is C21H21N5O3S. The van der Waals surface area contributed by atoms with Gasteiger partial charge < -0.3 is 14.6 Å². The number of piperidine rings is 1. The summed E-state index contributed by atoms with van der Waals surface area (Å²) >= 11 is 1.68. The lowest BCUT2D eigenvalue weighted by atomic mass is 10.0. The number of thiophene rings is 1. The molecule has 0 atom stereocenters. The van der Waals surface area contributed by atoms with Gasteiger partial charge in [-0.05, 0) is 36.4 Å². The minimum atomic E-state index is -0.513. The maximum absolute atomic E-state index is 12.5. The number of hydrogen-bond donors (Lipinski definition) is 2. The monoisotopic (exact) mass is 423 g/mol. The highest BCUT2D eigenvalue weighted by molar-refractivity contribution is 7.13. The number of nitrogens with one attached hydrogen (secondary N) is 2. The van der Waals surface area contributed by atoms with E-state index in [4.69, 9.17) is 4.42 Å². The highest BCUT2D eigenvalue weighted by Gasteiger charge is 2.23. The molecule has 1 aliphatic heterocycles. The predicted octanol–water partition coefficient (Wildman–Crippen LogP) is 2.83. The molecule has 1 saturated heterocycles. The summed E-state index contributed by atoms with van der Waals surface area (Å²) in [5, 5.41) is 12.6. The number of rotatable bonds is 5. The fraction of sp³-hybridized carbons (Fsp3) is 0.286. The van der Waals surface area contributed by atoms with Crippen molar-refractivity contribution < 1.29 is 9.21 Å². The van der Waals surface area contributed by atoms with E-state index < -0.39 is 5.76 Å². The van der Waals surface area contributed by atoms with Gasteiger partial charge in [-0.1, -0.05) is 18.2 Å². The molecule has 3 aromatic heterocycles. The first-order valence-electron chi connectivity index (χ1n) is 9.89. The van der Waals surface area contributed by atoms with Crippen LogP contribution in [-0.4, -0.2) is 39.8 Å². The summed E-state index contributed by atoms with van der Waals surface area (Å²) in [6.45, 7) is 1.59. The first-order valence-corrected chi connectivity index (χ1v) is 10.8. The third kappa shape index (κ3) is 3.63. The van der Waals surface area contributed by atoms with Crippen LogP contribution < -0.4 is 16.0 Å². The summed E-state index contributed by atoms with van der Waals surface area (Å²) in [5.74, 6) is 0.239. The average Bonchev–Trinajstić information content (AvgIpc) is 3.49. The van der Waals surface area contributed by atoms with Crippen LogP contribution in [0.15, 0.2) is 57.1 Å². The molecule has 0 unspecified atom stereocenters. The largest absolute Gasteiger partial charge is 0.420 e. The van der Waals surface area contributed by atoms with Crippen molar-refractivity contribution in [3.8, 4) is 10.6 Å². The van der Waals surface area contributed by atoms with Gasteiger partial charge in [0.2, 0.25) is 5.91 Å². The molecule has 4 heterocycles. The maximum atomic E-state index is 12.5. The Morgan fingerprint density at radius 2 is 2.07 bits per heavy atom. The fourth-order valence-electron chi connectivity index (χ4n) is 3.86. The zero-order valence-electron chi connectivity index (χ0n) is 16.2. The first-order chi connectivity index (χ1) is 14.7. The molecule has 4 aromatic rings. The van der Waals surface area contributed by atoms with Crippen molar-refractivity contribution in [3.05, 3.63) is 58.4 Å². The summed E-state index contributed by atoms with van der Waals surface area (Å²) in [6.07, 6.45) is 1.65. The summed E-state index contributed by atoms with van der Waals surface area (Å²) < 4.78 is 6.56. The molecule has 0 radical (unpaired) electrons. The lowest BCUT2D eigenvalue weighted by molar-refractivity contribution is -0.122. The standard InChI is InChI=1S/C21H21N5O3S/c27-20(13-26-16-4-1-2-5-17(16)29-21(26)28)22-14-7-9-25(10-8-14)19-12-15(23-24-19)18-6-3-11-30-18/h1-6,11-12,14H,7-10,13H2,(H,22,27)(H,23,24). The normalized spacial score (nSPS) is 15.0. The number of anilines is 1. The van der Waals surface area contributed by atoms with Crippen molar-refractivity contribution in [1.82, 2.24) is 20.1 Å². The van der Waals surface area contributed by atoms with Crippen molar-refractivity contribution in [1.29, 1.82) is 0 Å². The molecule has 30 heavy (non-hydrogen) atoms. The zero-order valence-corrected chi connectivity index (χ0v) is 17.0. The van der Waals surface area contributed by atoms with E-state index in [0.29, 0.717) is 11.1 Å². The number of carbonyl (C=O) groups is 1. The SMILES string of the molecule is O=C(Cn1c(=O)oc2ccccc21)NC1CCN(c2cc(-c3cccs3)[nH]n2)CC1. The van der Waals surface area contributed by atoms with E-state index in [1.54, 1.807) is 29.5 Å². The van der Waals surface area contributed by atoms with Crippen molar-refractivity contribution >= 4 is 34.2 Å². The van der Waals surface area contributed by atoms with Crippen LogP contribution in [0.4, 0.5) is 5.82 Å². The molecule has 0 saturated carbocycles. The molecule has 9 heteroatoms. The van der Waals surface area contributed by atoms with E-state index in [1.807, 2.05) is 17.5 Å². The van der Waals surface area contributed by atoms with Crippen LogP contribution in [0.25, 0.3) is 21.7 Å². The molecule has 0 aliphatic carbocycles. The maximum Gasteiger partial charge on any atom is 0.420 e. The Balaban J connectivity index is 1.18. The third-order valence-corrected chi connectivity index (χ3v) is 6.31. The van der Waals surface area contributed by atoms with Gasteiger partial charge in [-0.25, -0.2) is 4.79 Å². The van der Waals surface area contributed by atoms with Crippen LogP contribution in [0.5, 0.6) is 0 Å². The average molecular weight is 423 g/mol. The number of aromatic nitrogens is 3. The summed E-state index contributed by atoms with van der Waals surface area (Å²) in [4.78, 5) is 28.0. The molecule has 8 nitrogen and oxygen atoms in total. The zero-order chi connectivity index (χ0) is 20.5. The van der Waals surface area contributed by atoms with E-state index >= 15 is 0 Å². The van der Waals surface area contributed by atoms with Crippen LogP contribution in [0, 0.1) is 0 Å². The Kier molecular flexibility index (Phi) is 4.88. The van der Waals surface area contributed by atoms with Gasteiger partial charge >= 0.3 is 5.76 Å². The molecule has 1 amide bonds. The Bertz CT molecular complexity index is 1210. The van der Waals surface area contributed by atoms with Crippen molar-refractivity contribution in [2.24, 2.45) is 0 Å². The topological polar surface area (TPSA) is 96.2 Å². The van der Waals surface area contributed by atoms with E-state index in [0.717, 1.165) is 42.3 Å². The second-order valence-electron chi connectivity index (χ2n) is 7.37. The number of hydrogen-bond acceptors (Lipinski definition) is 6. The van der Waals surface area contributed by atoms with Crippen LogP contribution in [0.3, 0.4) is 0 Å².